The number of hydrogen-bond donors (Lipinski definition) is 1. The monoisotopic (exact) mass is 411 g/mol. The van der Waals surface area contributed by atoms with Gasteiger partial charge in [0, 0.05) is 25.1 Å². The van der Waals surface area contributed by atoms with Crippen molar-refractivity contribution in [2.75, 3.05) is 5.32 Å². The molecular formula is C19H17N5O6. The second-order valence-corrected chi connectivity index (χ2v) is 6.41. The van der Waals surface area contributed by atoms with Gasteiger partial charge in [-0.3, -0.25) is 29.7 Å². The van der Waals surface area contributed by atoms with E-state index < -0.39 is 15.8 Å². The molecule has 0 fully saturated rings. The van der Waals surface area contributed by atoms with Gasteiger partial charge in [0.1, 0.15) is 23.9 Å². The SMILES string of the molecule is Cc1cccc(Oc2cc(NC(=O)CCn3cc([N+](=O)[O-])cn3)cc([N+](=O)[O-])c2)c1. The van der Waals surface area contributed by atoms with E-state index in [0.717, 1.165) is 11.8 Å². The largest absolute Gasteiger partial charge is 0.457 e. The summed E-state index contributed by atoms with van der Waals surface area (Å²) in [6.07, 6.45) is 2.28. The van der Waals surface area contributed by atoms with Crippen molar-refractivity contribution in [1.82, 2.24) is 9.78 Å². The first-order chi connectivity index (χ1) is 14.3. The molecule has 0 aliphatic heterocycles. The standard InChI is InChI=1S/C19H17N5O6/c1-13-3-2-4-17(7-13)30-18-9-14(8-15(10-18)23(26)27)21-19(25)5-6-22-12-16(11-20-22)24(28)29/h2-4,7-12H,5-6H2,1H3,(H,21,25). The first-order valence-corrected chi connectivity index (χ1v) is 8.81. The van der Waals surface area contributed by atoms with E-state index in [-0.39, 0.29) is 35.8 Å². The molecule has 30 heavy (non-hydrogen) atoms. The molecular weight excluding hydrogens is 394 g/mol. The number of nitrogens with zero attached hydrogens (tertiary/aromatic N) is 4. The van der Waals surface area contributed by atoms with Gasteiger partial charge in [-0.2, -0.15) is 5.10 Å². The van der Waals surface area contributed by atoms with Crippen LogP contribution in [0.2, 0.25) is 0 Å². The zero-order chi connectivity index (χ0) is 21.7. The first kappa shape index (κ1) is 20.5. The lowest BCUT2D eigenvalue weighted by Gasteiger charge is -2.10. The molecule has 1 aromatic heterocycles. The molecule has 2 aromatic carbocycles. The van der Waals surface area contributed by atoms with Gasteiger partial charge < -0.3 is 10.1 Å². The Morgan fingerprint density at radius 1 is 1.10 bits per heavy atom. The van der Waals surface area contributed by atoms with Gasteiger partial charge in [-0.1, -0.05) is 12.1 Å². The number of aromatic nitrogens is 2. The van der Waals surface area contributed by atoms with Crippen molar-refractivity contribution in [1.29, 1.82) is 0 Å². The van der Waals surface area contributed by atoms with E-state index in [1.54, 1.807) is 18.2 Å². The van der Waals surface area contributed by atoms with Crippen LogP contribution in [0.3, 0.4) is 0 Å². The van der Waals surface area contributed by atoms with Gasteiger partial charge in [-0.15, -0.1) is 0 Å². The Kier molecular flexibility index (Phi) is 6.01. The highest BCUT2D eigenvalue weighted by atomic mass is 16.6. The maximum Gasteiger partial charge on any atom is 0.306 e. The van der Waals surface area contributed by atoms with Crippen LogP contribution in [0, 0.1) is 27.2 Å². The molecule has 0 atom stereocenters. The van der Waals surface area contributed by atoms with Crippen molar-refractivity contribution in [3.63, 3.8) is 0 Å². The number of nitro groups is 2. The Balaban J connectivity index is 1.70. The van der Waals surface area contributed by atoms with E-state index >= 15 is 0 Å². The number of carbonyl (C=O) groups is 1. The first-order valence-electron chi connectivity index (χ1n) is 8.81. The number of ether oxygens (including phenoxy) is 1. The van der Waals surface area contributed by atoms with Crippen LogP contribution in [-0.2, 0) is 11.3 Å². The average molecular weight is 411 g/mol. The molecule has 11 heteroatoms. The van der Waals surface area contributed by atoms with E-state index in [2.05, 4.69) is 10.4 Å². The van der Waals surface area contributed by atoms with Crippen LogP contribution in [0.1, 0.15) is 12.0 Å². The number of amides is 1. The number of hydrogen-bond acceptors (Lipinski definition) is 7. The highest BCUT2D eigenvalue weighted by Gasteiger charge is 2.14. The third-order valence-electron chi connectivity index (χ3n) is 4.01. The quantitative estimate of drug-likeness (QED) is 0.438. The third kappa shape index (κ3) is 5.38. The molecule has 0 aliphatic carbocycles. The Morgan fingerprint density at radius 2 is 1.87 bits per heavy atom. The number of benzene rings is 2. The molecule has 11 nitrogen and oxygen atoms in total. The van der Waals surface area contributed by atoms with Crippen LogP contribution in [0.15, 0.2) is 54.9 Å². The van der Waals surface area contributed by atoms with E-state index in [1.165, 1.54) is 29.1 Å². The summed E-state index contributed by atoms with van der Waals surface area (Å²) in [6, 6.07) is 11.1. The smallest absolute Gasteiger partial charge is 0.306 e. The number of rotatable bonds is 8. The van der Waals surface area contributed by atoms with Gasteiger partial charge in [0.15, 0.2) is 0 Å². The molecule has 0 unspecified atom stereocenters. The van der Waals surface area contributed by atoms with Gasteiger partial charge in [0.25, 0.3) is 5.69 Å². The summed E-state index contributed by atoms with van der Waals surface area (Å²) in [7, 11) is 0. The van der Waals surface area contributed by atoms with Crippen molar-refractivity contribution in [2.24, 2.45) is 0 Å². The van der Waals surface area contributed by atoms with Crippen LogP contribution in [0.5, 0.6) is 11.5 Å². The zero-order valence-corrected chi connectivity index (χ0v) is 15.8. The second kappa shape index (κ2) is 8.82. The average Bonchev–Trinajstić information content (AvgIpc) is 3.15. The van der Waals surface area contributed by atoms with Gasteiger partial charge in [0.05, 0.1) is 21.6 Å². The molecule has 3 rings (SSSR count). The molecule has 0 saturated carbocycles. The van der Waals surface area contributed by atoms with Crippen molar-refractivity contribution in [2.45, 2.75) is 19.9 Å². The number of nitrogens with one attached hydrogen (secondary N) is 1. The zero-order valence-electron chi connectivity index (χ0n) is 15.8. The van der Waals surface area contributed by atoms with E-state index in [9.17, 15) is 25.0 Å². The second-order valence-electron chi connectivity index (χ2n) is 6.41. The van der Waals surface area contributed by atoms with Crippen LogP contribution in [0.25, 0.3) is 0 Å². The molecule has 1 heterocycles. The molecule has 0 spiro atoms. The lowest BCUT2D eigenvalue weighted by Crippen LogP contribution is -2.15. The molecule has 1 N–H and O–H groups in total. The van der Waals surface area contributed by atoms with Gasteiger partial charge in [-0.25, -0.2) is 0 Å². The molecule has 0 aliphatic rings. The van der Waals surface area contributed by atoms with Crippen molar-refractivity contribution >= 4 is 23.0 Å². The number of carbonyl (C=O) groups excluding carboxylic acids is 1. The molecule has 154 valence electrons. The summed E-state index contributed by atoms with van der Waals surface area (Å²) >= 11 is 0. The van der Waals surface area contributed by atoms with Gasteiger partial charge >= 0.3 is 5.69 Å². The third-order valence-corrected chi connectivity index (χ3v) is 4.01. The maximum atomic E-state index is 12.2. The summed E-state index contributed by atoms with van der Waals surface area (Å²) in [5, 5.41) is 28.3. The minimum Gasteiger partial charge on any atom is -0.457 e. The van der Waals surface area contributed by atoms with E-state index in [4.69, 9.17) is 4.74 Å². The van der Waals surface area contributed by atoms with Gasteiger partial charge in [0.2, 0.25) is 5.91 Å². The Hall–Kier alpha value is -4.28. The predicted octanol–water partition coefficient (Wildman–Crippen LogP) is 3.83. The Bertz CT molecular complexity index is 1110. The topological polar surface area (TPSA) is 142 Å². The van der Waals surface area contributed by atoms with Crippen LogP contribution < -0.4 is 10.1 Å². The molecule has 1 amide bonds. The summed E-state index contributed by atoms with van der Waals surface area (Å²) < 4.78 is 6.97. The Labute approximate surface area is 170 Å². The fourth-order valence-electron chi connectivity index (χ4n) is 2.64. The Morgan fingerprint density at radius 3 is 2.53 bits per heavy atom. The highest BCUT2D eigenvalue weighted by molar-refractivity contribution is 5.91. The maximum absolute atomic E-state index is 12.2. The van der Waals surface area contributed by atoms with Crippen LogP contribution in [0.4, 0.5) is 17.1 Å². The minimum absolute atomic E-state index is 0.0321. The molecule has 0 saturated heterocycles. The summed E-state index contributed by atoms with van der Waals surface area (Å²) in [4.78, 5) is 33.0. The minimum atomic E-state index is -0.582. The van der Waals surface area contributed by atoms with Crippen molar-refractivity contribution in [3.05, 3.63) is 80.7 Å². The number of anilines is 1. The normalized spacial score (nSPS) is 10.4. The summed E-state index contributed by atoms with van der Waals surface area (Å²) in [6.45, 7) is 2.00. The predicted molar refractivity (Wildman–Crippen MR) is 106 cm³/mol. The molecule has 3 aromatic rings. The van der Waals surface area contributed by atoms with Crippen molar-refractivity contribution in [3.8, 4) is 11.5 Å². The summed E-state index contributed by atoms with van der Waals surface area (Å²) in [5.74, 6) is 0.274. The van der Waals surface area contributed by atoms with Crippen molar-refractivity contribution < 1.29 is 19.4 Å². The number of non-ortho nitro benzene ring substituents is 1. The van der Waals surface area contributed by atoms with E-state index in [0.29, 0.717) is 5.75 Å². The fourth-order valence-corrected chi connectivity index (χ4v) is 2.64. The lowest BCUT2D eigenvalue weighted by molar-refractivity contribution is -0.385. The highest BCUT2D eigenvalue weighted by Crippen LogP contribution is 2.30. The van der Waals surface area contributed by atoms with E-state index in [1.807, 2.05) is 13.0 Å². The fraction of sp³-hybridized carbons (Fsp3) is 0.158. The summed E-state index contributed by atoms with van der Waals surface area (Å²) in [5.41, 5.74) is 0.749. The van der Waals surface area contributed by atoms with Crippen LogP contribution >= 0.6 is 0 Å². The van der Waals surface area contributed by atoms with Gasteiger partial charge in [-0.05, 0) is 24.6 Å². The molecule has 0 radical (unpaired) electrons. The number of nitro benzene ring substituents is 1. The molecule has 0 bridgehead atoms. The lowest BCUT2D eigenvalue weighted by atomic mass is 10.2. The number of aryl methyl sites for hydroxylation is 2. The van der Waals surface area contributed by atoms with Crippen LogP contribution in [-0.4, -0.2) is 25.5 Å².